The smallest absolute Gasteiger partial charge is 0.163 e. The zero-order valence-electron chi connectivity index (χ0n) is 10.8. The van der Waals surface area contributed by atoms with Gasteiger partial charge in [0.2, 0.25) is 0 Å². The summed E-state index contributed by atoms with van der Waals surface area (Å²) in [6.45, 7) is 4.99. The third-order valence-corrected chi connectivity index (χ3v) is 2.30. The van der Waals surface area contributed by atoms with Gasteiger partial charge in [0.1, 0.15) is 0 Å². The highest BCUT2D eigenvalue weighted by atomic mass is 16.5. The van der Waals surface area contributed by atoms with Gasteiger partial charge in [-0.3, -0.25) is 0 Å². The van der Waals surface area contributed by atoms with Crippen molar-refractivity contribution in [2.45, 2.75) is 20.0 Å². The minimum Gasteiger partial charge on any atom is -0.490 e. The number of hydrogen-bond acceptors (Lipinski definition) is 5. The molecule has 18 heavy (non-hydrogen) atoms. The van der Waals surface area contributed by atoms with Crippen LogP contribution < -0.4 is 14.8 Å². The van der Waals surface area contributed by atoms with Crippen LogP contribution in [0.3, 0.4) is 0 Å². The van der Waals surface area contributed by atoms with E-state index >= 15 is 0 Å². The van der Waals surface area contributed by atoms with Crippen LogP contribution in [0.1, 0.15) is 13.8 Å². The fourth-order valence-corrected chi connectivity index (χ4v) is 1.46. The molecular weight excluding hydrogens is 234 g/mol. The Kier molecular flexibility index (Phi) is 6.32. The molecule has 0 saturated heterocycles. The molecule has 0 aliphatic carbocycles. The first-order valence-corrected chi connectivity index (χ1v) is 6.13. The fraction of sp³-hybridized carbons (Fsp3) is 0.538. The molecule has 0 bridgehead atoms. The molecular formula is C13H21NO4. The maximum atomic E-state index is 9.26. The highest BCUT2D eigenvalue weighted by Gasteiger charge is 2.07. The van der Waals surface area contributed by atoms with Crippen LogP contribution in [0, 0.1) is 0 Å². The van der Waals surface area contributed by atoms with Crippen LogP contribution in [-0.4, -0.2) is 42.7 Å². The van der Waals surface area contributed by atoms with E-state index in [2.05, 4.69) is 5.32 Å². The van der Waals surface area contributed by atoms with Crippen molar-refractivity contribution in [3.8, 4) is 11.5 Å². The summed E-state index contributed by atoms with van der Waals surface area (Å²) in [4.78, 5) is 0. The minimum absolute atomic E-state index is 0.262. The molecule has 0 radical (unpaired) electrons. The molecule has 5 nitrogen and oxygen atoms in total. The van der Waals surface area contributed by atoms with E-state index in [1.807, 2.05) is 32.0 Å². The van der Waals surface area contributed by atoms with Gasteiger partial charge in [0, 0.05) is 18.3 Å². The average Bonchev–Trinajstić information content (AvgIpc) is 2.39. The van der Waals surface area contributed by atoms with Crippen molar-refractivity contribution in [2.24, 2.45) is 0 Å². The molecule has 0 aromatic heterocycles. The number of benzene rings is 1. The summed E-state index contributed by atoms with van der Waals surface area (Å²) in [6, 6.07) is 5.48. The maximum absolute atomic E-state index is 9.26. The Morgan fingerprint density at radius 3 is 2.44 bits per heavy atom. The second-order valence-corrected chi connectivity index (χ2v) is 3.74. The standard InChI is InChI=1S/C13H21NO4/c1-3-17-12-6-5-10(7-13(12)18-4-2)14-8-11(16)9-15/h5-7,11,14-16H,3-4,8-9H2,1-2H3. The van der Waals surface area contributed by atoms with E-state index in [9.17, 15) is 5.11 Å². The molecule has 1 atom stereocenters. The van der Waals surface area contributed by atoms with Gasteiger partial charge in [-0.1, -0.05) is 0 Å². The normalized spacial score (nSPS) is 12.0. The van der Waals surface area contributed by atoms with Gasteiger partial charge in [-0.2, -0.15) is 0 Å². The summed E-state index contributed by atoms with van der Waals surface area (Å²) in [6.07, 6.45) is -0.771. The first-order valence-electron chi connectivity index (χ1n) is 6.13. The topological polar surface area (TPSA) is 71.0 Å². The third kappa shape index (κ3) is 4.43. The molecule has 1 aromatic rings. The van der Waals surface area contributed by atoms with Gasteiger partial charge in [-0.15, -0.1) is 0 Å². The van der Waals surface area contributed by atoms with Crippen molar-refractivity contribution >= 4 is 5.69 Å². The van der Waals surface area contributed by atoms with E-state index in [-0.39, 0.29) is 13.2 Å². The molecule has 0 aliphatic heterocycles. The van der Waals surface area contributed by atoms with Crippen LogP contribution in [0.15, 0.2) is 18.2 Å². The monoisotopic (exact) mass is 255 g/mol. The molecule has 0 heterocycles. The van der Waals surface area contributed by atoms with Crippen LogP contribution in [0.25, 0.3) is 0 Å². The Labute approximate surface area is 107 Å². The Hall–Kier alpha value is -1.46. The number of ether oxygens (including phenoxy) is 2. The maximum Gasteiger partial charge on any atom is 0.163 e. The van der Waals surface area contributed by atoms with E-state index in [4.69, 9.17) is 14.6 Å². The number of hydrogen-bond donors (Lipinski definition) is 3. The first-order chi connectivity index (χ1) is 8.71. The van der Waals surface area contributed by atoms with Gasteiger partial charge in [0.05, 0.1) is 25.9 Å². The van der Waals surface area contributed by atoms with Gasteiger partial charge in [-0.25, -0.2) is 0 Å². The number of rotatable bonds is 8. The summed E-state index contributed by atoms with van der Waals surface area (Å²) in [5.74, 6) is 1.37. The van der Waals surface area contributed by atoms with Crippen molar-refractivity contribution in [1.29, 1.82) is 0 Å². The van der Waals surface area contributed by atoms with Crippen LogP contribution in [0.5, 0.6) is 11.5 Å². The lowest BCUT2D eigenvalue weighted by Gasteiger charge is -2.14. The lowest BCUT2D eigenvalue weighted by molar-refractivity contribution is 0.105. The second-order valence-electron chi connectivity index (χ2n) is 3.74. The number of anilines is 1. The van der Waals surface area contributed by atoms with E-state index in [1.165, 1.54) is 0 Å². The van der Waals surface area contributed by atoms with Gasteiger partial charge in [0.15, 0.2) is 11.5 Å². The molecule has 0 amide bonds. The van der Waals surface area contributed by atoms with Crippen LogP contribution in [0.4, 0.5) is 5.69 Å². The Morgan fingerprint density at radius 2 is 1.83 bits per heavy atom. The quantitative estimate of drug-likeness (QED) is 0.652. The SMILES string of the molecule is CCOc1ccc(NCC(O)CO)cc1OCC. The number of nitrogens with one attached hydrogen (secondary N) is 1. The minimum atomic E-state index is -0.771. The largest absolute Gasteiger partial charge is 0.490 e. The predicted octanol–water partition coefficient (Wildman–Crippen LogP) is 1.25. The lowest BCUT2D eigenvalue weighted by Crippen LogP contribution is -2.22. The number of aliphatic hydroxyl groups excluding tert-OH is 2. The Morgan fingerprint density at radius 1 is 1.17 bits per heavy atom. The molecule has 0 fully saturated rings. The van der Waals surface area contributed by atoms with Gasteiger partial charge >= 0.3 is 0 Å². The molecule has 0 aliphatic rings. The third-order valence-electron chi connectivity index (χ3n) is 2.30. The van der Waals surface area contributed by atoms with Crippen LogP contribution in [-0.2, 0) is 0 Å². The van der Waals surface area contributed by atoms with Gasteiger partial charge < -0.3 is 25.0 Å². The molecule has 1 aromatic carbocycles. The molecule has 1 rings (SSSR count). The van der Waals surface area contributed by atoms with Gasteiger partial charge in [-0.05, 0) is 26.0 Å². The van der Waals surface area contributed by atoms with Crippen molar-refractivity contribution in [3.63, 3.8) is 0 Å². The van der Waals surface area contributed by atoms with E-state index < -0.39 is 6.10 Å². The van der Waals surface area contributed by atoms with E-state index in [0.29, 0.717) is 24.7 Å². The molecule has 102 valence electrons. The number of aliphatic hydroxyl groups is 2. The van der Waals surface area contributed by atoms with Crippen molar-refractivity contribution in [1.82, 2.24) is 0 Å². The highest BCUT2D eigenvalue weighted by molar-refractivity contribution is 5.54. The van der Waals surface area contributed by atoms with E-state index in [0.717, 1.165) is 5.69 Å². The van der Waals surface area contributed by atoms with Crippen molar-refractivity contribution in [3.05, 3.63) is 18.2 Å². The molecule has 5 heteroatoms. The lowest BCUT2D eigenvalue weighted by atomic mass is 10.2. The zero-order valence-corrected chi connectivity index (χ0v) is 10.8. The first kappa shape index (κ1) is 14.6. The fourth-order valence-electron chi connectivity index (χ4n) is 1.46. The zero-order chi connectivity index (χ0) is 13.4. The van der Waals surface area contributed by atoms with Crippen LogP contribution in [0.2, 0.25) is 0 Å². The Bertz CT molecular complexity index is 357. The average molecular weight is 255 g/mol. The predicted molar refractivity (Wildman–Crippen MR) is 70.4 cm³/mol. The molecule has 1 unspecified atom stereocenters. The van der Waals surface area contributed by atoms with Crippen molar-refractivity contribution in [2.75, 3.05) is 31.7 Å². The molecule has 0 saturated carbocycles. The second kappa shape index (κ2) is 7.79. The van der Waals surface area contributed by atoms with E-state index in [1.54, 1.807) is 0 Å². The van der Waals surface area contributed by atoms with Gasteiger partial charge in [0.25, 0.3) is 0 Å². The Balaban J connectivity index is 2.72. The molecule has 0 spiro atoms. The summed E-state index contributed by atoms with van der Waals surface area (Å²) in [5, 5.41) is 21.0. The highest BCUT2D eigenvalue weighted by Crippen LogP contribution is 2.30. The summed E-state index contributed by atoms with van der Waals surface area (Å²) in [5.41, 5.74) is 0.814. The molecule has 3 N–H and O–H groups in total. The summed E-state index contributed by atoms with van der Waals surface area (Å²) in [7, 11) is 0. The summed E-state index contributed by atoms with van der Waals surface area (Å²) >= 11 is 0. The van der Waals surface area contributed by atoms with Crippen LogP contribution >= 0.6 is 0 Å². The summed E-state index contributed by atoms with van der Waals surface area (Å²) < 4.78 is 10.9. The van der Waals surface area contributed by atoms with Crippen molar-refractivity contribution < 1.29 is 19.7 Å².